The summed E-state index contributed by atoms with van der Waals surface area (Å²) in [4.78, 5) is 15.2. The third kappa shape index (κ3) is 4.73. The molecule has 0 spiro atoms. The summed E-state index contributed by atoms with van der Waals surface area (Å²) in [5, 5.41) is 0. The van der Waals surface area contributed by atoms with E-state index >= 15 is 0 Å². The van der Waals surface area contributed by atoms with Gasteiger partial charge in [0.1, 0.15) is 0 Å². The number of anilines is 3. The fourth-order valence-electron chi connectivity index (χ4n) is 3.04. The third-order valence-corrected chi connectivity index (χ3v) is 6.06. The van der Waals surface area contributed by atoms with Crippen molar-refractivity contribution in [3.8, 4) is 0 Å². The van der Waals surface area contributed by atoms with Crippen molar-refractivity contribution in [2.45, 2.75) is 0 Å². The average Bonchev–Trinajstić information content (AvgIpc) is 3.21. The number of ketones is 1. The van der Waals surface area contributed by atoms with Gasteiger partial charge < -0.3 is 4.90 Å². The number of carbonyl (C=O) groups is 1. The van der Waals surface area contributed by atoms with E-state index in [0.29, 0.717) is 0 Å². The van der Waals surface area contributed by atoms with Crippen LogP contribution in [0.5, 0.6) is 0 Å². The van der Waals surface area contributed by atoms with Crippen molar-refractivity contribution in [2.75, 3.05) is 4.90 Å². The Balaban J connectivity index is 1.59. The predicted molar refractivity (Wildman–Crippen MR) is 127 cm³/mol. The van der Waals surface area contributed by atoms with Crippen LogP contribution in [-0.2, 0) is 0 Å². The van der Waals surface area contributed by atoms with Crippen LogP contribution in [-0.4, -0.2) is 5.78 Å². The van der Waals surface area contributed by atoms with E-state index in [2.05, 4.69) is 57.2 Å². The summed E-state index contributed by atoms with van der Waals surface area (Å²) in [6.07, 6.45) is 3.48. The van der Waals surface area contributed by atoms with Crippen molar-refractivity contribution in [3.05, 3.63) is 117 Å². The molecule has 0 fully saturated rings. The Kier molecular flexibility index (Phi) is 6.03. The molecule has 0 amide bonds. The number of hydrogen-bond donors (Lipinski definition) is 0. The van der Waals surface area contributed by atoms with Gasteiger partial charge in [0.25, 0.3) is 0 Å². The number of carbonyl (C=O) groups excluding carboxylic acids is 1. The van der Waals surface area contributed by atoms with Crippen LogP contribution >= 0.6 is 27.3 Å². The van der Waals surface area contributed by atoms with E-state index < -0.39 is 0 Å². The van der Waals surface area contributed by atoms with Gasteiger partial charge in [-0.1, -0.05) is 54.6 Å². The van der Waals surface area contributed by atoms with Crippen LogP contribution in [0.15, 0.2) is 107 Å². The number of thiophene rings is 1. The molecule has 0 atom stereocenters. The minimum absolute atomic E-state index is 0.0139. The first-order valence-electron chi connectivity index (χ1n) is 9.19. The van der Waals surface area contributed by atoms with Crippen LogP contribution in [0.3, 0.4) is 0 Å². The van der Waals surface area contributed by atoms with Gasteiger partial charge in [0.2, 0.25) is 0 Å². The molecule has 0 aliphatic rings. The zero-order valence-electron chi connectivity index (χ0n) is 15.5. The highest BCUT2D eigenvalue weighted by Gasteiger charge is 2.11. The zero-order chi connectivity index (χ0) is 20.1. The van der Waals surface area contributed by atoms with E-state index in [1.165, 1.54) is 11.3 Å². The van der Waals surface area contributed by atoms with Crippen LogP contribution in [0, 0.1) is 0 Å². The first kappa shape index (κ1) is 19.4. The van der Waals surface area contributed by atoms with Gasteiger partial charge in [0.15, 0.2) is 5.78 Å². The van der Waals surface area contributed by atoms with Crippen molar-refractivity contribution in [1.82, 2.24) is 0 Å². The van der Waals surface area contributed by atoms with E-state index in [0.717, 1.165) is 31.3 Å². The van der Waals surface area contributed by atoms with Crippen LogP contribution in [0.25, 0.3) is 6.08 Å². The molecule has 0 unspecified atom stereocenters. The second kappa shape index (κ2) is 9.03. The van der Waals surface area contributed by atoms with Crippen LogP contribution in [0.1, 0.15) is 15.2 Å². The predicted octanol–water partition coefficient (Wildman–Crippen LogP) is 7.88. The molecule has 0 saturated carbocycles. The smallest absolute Gasteiger partial charge is 0.195 e. The molecule has 0 saturated heterocycles. The lowest BCUT2D eigenvalue weighted by atomic mass is 10.1. The number of nitrogens with zero attached hydrogens (tertiary/aromatic N) is 1. The van der Waals surface area contributed by atoms with E-state index in [9.17, 15) is 4.79 Å². The third-order valence-electron chi connectivity index (χ3n) is 4.42. The second-order valence-electron chi connectivity index (χ2n) is 6.40. The maximum absolute atomic E-state index is 12.3. The van der Waals surface area contributed by atoms with Gasteiger partial charge in [0, 0.05) is 17.1 Å². The van der Waals surface area contributed by atoms with Crippen molar-refractivity contribution >= 4 is 56.2 Å². The number of benzene rings is 3. The first-order chi connectivity index (χ1) is 14.2. The summed E-state index contributed by atoms with van der Waals surface area (Å²) in [6, 6.07) is 32.5. The molecule has 2 nitrogen and oxygen atoms in total. The summed E-state index contributed by atoms with van der Waals surface area (Å²) >= 11 is 4.84. The molecule has 0 N–H and O–H groups in total. The minimum Gasteiger partial charge on any atom is -0.311 e. The van der Waals surface area contributed by atoms with Crippen molar-refractivity contribution < 1.29 is 4.79 Å². The molecular weight excluding hydrogens is 442 g/mol. The highest BCUT2D eigenvalue weighted by atomic mass is 79.9. The molecule has 142 valence electrons. The lowest BCUT2D eigenvalue weighted by Crippen LogP contribution is -2.09. The lowest BCUT2D eigenvalue weighted by molar-refractivity contribution is 0.105. The summed E-state index contributed by atoms with van der Waals surface area (Å²) in [6.45, 7) is 0. The van der Waals surface area contributed by atoms with Gasteiger partial charge in [-0.15, -0.1) is 11.3 Å². The van der Waals surface area contributed by atoms with E-state index in [1.807, 2.05) is 66.7 Å². The number of allylic oxidation sites excluding steroid dienone is 1. The zero-order valence-corrected chi connectivity index (χ0v) is 17.9. The second-order valence-corrected chi connectivity index (χ2v) is 8.86. The normalized spacial score (nSPS) is 10.9. The SMILES string of the molecule is O=C(C=Cc1ccc(N(c2ccccc2)c2ccccc2)cc1)c1ccc(Br)s1. The Labute approximate surface area is 182 Å². The van der Waals surface area contributed by atoms with Gasteiger partial charge in [-0.05, 0) is 76.1 Å². The summed E-state index contributed by atoms with van der Waals surface area (Å²) in [5.41, 5.74) is 4.24. The Hall–Kier alpha value is -2.95. The van der Waals surface area contributed by atoms with Crippen LogP contribution < -0.4 is 4.90 Å². The first-order valence-corrected chi connectivity index (χ1v) is 10.8. The standard InChI is InChI=1S/C25H18BrNOS/c26-25-18-17-24(29-25)23(28)16-13-19-11-14-22(15-12-19)27(20-7-3-1-4-8-20)21-9-5-2-6-10-21/h1-18H. The summed E-state index contributed by atoms with van der Waals surface area (Å²) in [7, 11) is 0. The molecule has 0 radical (unpaired) electrons. The summed E-state index contributed by atoms with van der Waals surface area (Å²) < 4.78 is 0.959. The molecule has 0 bridgehead atoms. The van der Waals surface area contributed by atoms with Crippen LogP contribution in [0.4, 0.5) is 17.1 Å². The van der Waals surface area contributed by atoms with Gasteiger partial charge in [-0.25, -0.2) is 0 Å². The quantitative estimate of drug-likeness (QED) is 0.216. The summed E-state index contributed by atoms with van der Waals surface area (Å²) in [5.74, 6) is 0.0139. The molecule has 4 rings (SSSR count). The van der Waals surface area contributed by atoms with Crippen LogP contribution in [0.2, 0.25) is 0 Å². The molecule has 1 aromatic heterocycles. The Morgan fingerprint density at radius 2 is 1.28 bits per heavy atom. The Morgan fingerprint density at radius 3 is 1.79 bits per heavy atom. The largest absolute Gasteiger partial charge is 0.311 e. The molecule has 29 heavy (non-hydrogen) atoms. The number of rotatable bonds is 6. The van der Waals surface area contributed by atoms with Gasteiger partial charge in [-0.3, -0.25) is 4.79 Å². The number of halogens is 1. The van der Waals surface area contributed by atoms with E-state index in [-0.39, 0.29) is 5.78 Å². The van der Waals surface area contributed by atoms with Gasteiger partial charge >= 0.3 is 0 Å². The maximum atomic E-state index is 12.3. The highest BCUT2D eigenvalue weighted by molar-refractivity contribution is 9.11. The van der Waals surface area contributed by atoms with Crippen molar-refractivity contribution in [2.24, 2.45) is 0 Å². The minimum atomic E-state index is 0.0139. The average molecular weight is 460 g/mol. The fraction of sp³-hybridized carbons (Fsp3) is 0. The van der Waals surface area contributed by atoms with Gasteiger partial charge in [0.05, 0.1) is 8.66 Å². The molecule has 3 aromatic carbocycles. The molecule has 1 heterocycles. The van der Waals surface area contributed by atoms with Gasteiger partial charge in [-0.2, -0.15) is 0 Å². The van der Waals surface area contributed by atoms with E-state index in [1.54, 1.807) is 6.08 Å². The van der Waals surface area contributed by atoms with Crippen molar-refractivity contribution in [1.29, 1.82) is 0 Å². The fourth-order valence-corrected chi connectivity index (χ4v) is 4.34. The molecular formula is C25H18BrNOS. The molecule has 4 heteroatoms. The molecule has 0 aliphatic carbocycles. The molecule has 4 aromatic rings. The van der Waals surface area contributed by atoms with Crippen molar-refractivity contribution in [3.63, 3.8) is 0 Å². The number of para-hydroxylation sites is 2. The highest BCUT2D eigenvalue weighted by Crippen LogP contribution is 2.34. The Bertz CT molecular complexity index is 1080. The monoisotopic (exact) mass is 459 g/mol. The lowest BCUT2D eigenvalue weighted by Gasteiger charge is -2.25. The Morgan fingerprint density at radius 1 is 0.724 bits per heavy atom. The van der Waals surface area contributed by atoms with E-state index in [4.69, 9.17) is 0 Å². The number of hydrogen-bond acceptors (Lipinski definition) is 3. The topological polar surface area (TPSA) is 20.3 Å². The maximum Gasteiger partial charge on any atom is 0.195 e. The molecule has 0 aliphatic heterocycles.